The van der Waals surface area contributed by atoms with Crippen molar-refractivity contribution in [3.05, 3.63) is 63.8 Å². The van der Waals surface area contributed by atoms with Crippen molar-refractivity contribution in [3.63, 3.8) is 0 Å². The molecule has 27 heavy (non-hydrogen) atoms. The van der Waals surface area contributed by atoms with Crippen molar-refractivity contribution in [3.8, 4) is 5.75 Å². The minimum atomic E-state index is -0.489. The van der Waals surface area contributed by atoms with Gasteiger partial charge in [-0.05, 0) is 43.2 Å². The minimum absolute atomic E-state index is 0.0261. The lowest BCUT2D eigenvalue weighted by atomic mass is 10.0. The first-order valence-corrected chi connectivity index (χ1v) is 8.32. The van der Waals surface area contributed by atoms with Crippen LogP contribution < -0.4 is 21.2 Å². The summed E-state index contributed by atoms with van der Waals surface area (Å²) in [5.41, 5.74) is 6.09. The monoisotopic (exact) mass is 369 g/mol. The van der Waals surface area contributed by atoms with Gasteiger partial charge in [0.1, 0.15) is 17.0 Å². The molecule has 0 bridgehead atoms. The minimum Gasteiger partial charge on any atom is -0.497 e. The van der Waals surface area contributed by atoms with Crippen molar-refractivity contribution in [1.82, 2.24) is 15.8 Å². The molecule has 3 aromatic rings. The number of amides is 2. The van der Waals surface area contributed by atoms with Gasteiger partial charge in [0.05, 0.1) is 7.11 Å². The van der Waals surface area contributed by atoms with Crippen molar-refractivity contribution in [2.75, 3.05) is 7.11 Å². The van der Waals surface area contributed by atoms with Gasteiger partial charge in [0.15, 0.2) is 0 Å². The molecule has 0 saturated carbocycles. The van der Waals surface area contributed by atoms with Crippen LogP contribution in [0, 0.1) is 6.92 Å². The number of carbonyl (C=O) groups excluding carboxylic acids is 2. The van der Waals surface area contributed by atoms with Gasteiger partial charge >= 0.3 is 5.63 Å². The van der Waals surface area contributed by atoms with Gasteiger partial charge in [-0.3, -0.25) is 20.4 Å². The average Bonchev–Trinajstić information content (AvgIpc) is 3.20. The Hall–Kier alpha value is -3.55. The molecule has 3 rings (SSSR count). The summed E-state index contributed by atoms with van der Waals surface area (Å²) in [4.78, 5) is 38.7. The number of methoxy groups -OCH3 is 1. The number of aromatic amines is 1. The number of fused-ring (bicyclic) bond motifs is 1. The molecule has 0 spiro atoms. The SMILES string of the molecule is COc1ccc2c(C)c(CCC(=O)NNC(=O)c3ccc[nH]3)c(=O)oc2c1. The number of nitrogens with one attached hydrogen (secondary N) is 3. The highest BCUT2D eigenvalue weighted by Crippen LogP contribution is 2.24. The zero-order valence-electron chi connectivity index (χ0n) is 14.9. The molecule has 3 N–H and O–H groups in total. The molecule has 0 aliphatic heterocycles. The number of carbonyl (C=O) groups is 2. The lowest BCUT2D eigenvalue weighted by Crippen LogP contribution is -2.42. The number of H-pyrrole nitrogens is 1. The Morgan fingerprint density at radius 1 is 1.22 bits per heavy atom. The molecule has 2 heterocycles. The van der Waals surface area contributed by atoms with E-state index in [4.69, 9.17) is 9.15 Å². The number of aromatic nitrogens is 1. The van der Waals surface area contributed by atoms with Crippen LogP contribution in [0.2, 0.25) is 0 Å². The molecule has 1 aromatic carbocycles. The zero-order chi connectivity index (χ0) is 19.4. The van der Waals surface area contributed by atoms with Gasteiger partial charge in [0.25, 0.3) is 5.91 Å². The Labute approximate surface area is 154 Å². The lowest BCUT2D eigenvalue weighted by Gasteiger charge is -2.09. The van der Waals surface area contributed by atoms with Crippen LogP contribution in [0.15, 0.2) is 45.7 Å². The summed E-state index contributed by atoms with van der Waals surface area (Å²) in [5, 5.41) is 0.783. The lowest BCUT2D eigenvalue weighted by molar-refractivity contribution is -0.121. The zero-order valence-corrected chi connectivity index (χ0v) is 14.9. The van der Waals surface area contributed by atoms with Crippen molar-refractivity contribution >= 4 is 22.8 Å². The Morgan fingerprint density at radius 2 is 2.04 bits per heavy atom. The molecule has 8 nitrogen and oxygen atoms in total. The van der Waals surface area contributed by atoms with Crippen molar-refractivity contribution in [1.29, 1.82) is 0 Å². The van der Waals surface area contributed by atoms with Gasteiger partial charge in [0.2, 0.25) is 5.91 Å². The summed E-state index contributed by atoms with van der Waals surface area (Å²) in [5.74, 6) is -0.276. The summed E-state index contributed by atoms with van der Waals surface area (Å²) >= 11 is 0. The summed E-state index contributed by atoms with van der Waals surface area (Å²) in [6, 6.07) is 8.50. The van der Waals surface area contributed by atoms with E-state index >= 15 is 0 Å². The van der Waals surface area contributed by atoms with Gasteiger partial charge in [-0.15, -0.1) is 0 Å². The largest absolute Gasteiger partial charge is 0.497 e. The second-order valence-electron chi connectivity index (χ2n) is 5.94. The van der Waals surface area contributed by atoms with E-state index in [1.54, 1.807) is 30.5 Å². The molecule has 0 fully saturated rings. The van der Waals surface area contributed by atoms with Crippen LogP contribution in [0.25, 0.3) is 11.0 Å². The average molecular weight is 369 g/mol. The van der Waals surface area contributed by atoms with E-state index in [2.05, 4.69) is 15.8 Å². The van der Waals surface area contributed by atoms with Gasteiger partial charge < -0.3 is 14.1 Å². The fourth-order valence-corrected chi connectivity index (χ4v) is 2.76. The van der Waals surface area contributed by atoms with E-state index in [1.807, 2.05) is 13.0 Å². The number of hydrazine groups is 1. The molecule has 2 aromatic heterocycles. The van der Waals surface area contributed by atoms with Gasteiger partial charge in [-0.2, -0.15) is 0 Å². The second kappa shape index (κ2) is 7.77. The van der Waals surface area contributed by atoms with Crippen LogP contribution in [0.4, 0.5) is 0 Å². The first kappa shape index (κ1) is 18.2. The Morgan fingerprint density at radius 3 is 2.74 bits per heavy atom. The predicted octanol–water partition coefficient (Wildman–Crippen LogP) is 1.83. The first-order valence-electron chi connectivity index (χ1n) is 8.32. The van der Waals surface area contributed by atoms with E-state index < -0.39 is 17.4 Å². The highest BCUT2D eigenvalue weighted by molar-refractivity contribution is 5.93. The maximum absolute atomic E-state index is 12.3. The number of benzene rings is 1. The highest BCUT2D eigenvalue weighted by Gasteiger charge is 2.14. The number of ether oxygens (including phenoxy) is 1. The Balaban J connectivity index is 1.66. The summed E-state index contributed by atoms with van der Waals surface area (Å²) in [6.45, 7) is 1.81. The van der Waals surface area contributed by atoms with E-state index in [0.29, 0.717) is 22.6 Å². The molecule has 140 valence electrons. The van der Waals surface area contributed by atoms with Crippen LogP contribution in [0.1, 0.15) is 28.0 Å². The molecule has 0 aliphatic carbocycles. The first-order chi connectivity index (χ1) is 13.0. The normalized spacial score (nSPS) is 10.6. The van der Waals surface area contributed by atoms with E-state index in [9.17, 15) is 14.4 Å². The number of rotatable bonds is 5. The summed E-state index contributed by atoms with van der Waals surface area (Å²) in [6.07, 6.45) is 1.83. The van der Waals surface area contributed by atoms with Gasteiger partial charge in [-0.25, -0.2) is 4.79 Å². The standard InChI is InChI=1S/C19H19N3O5/c1-11-13-6-5-12(26-2)10-16(13)27-19(25)14(11)7-8-17(23)21-22-18(24)15-4-3-9-20-15/h3-6,9-10,20H,7-8H2,1-2H3,(H,21,23)(H,22,24). The molecule has 0 atom stereocenters. The second-order valence-corrected chi connectivity index (χ2v) is 5.94. The maximum atomic E-state index is 12.3. The molecule has 2 amide bonds. The molecule has 0 aliphatic rings. The predicted molar refractivity (Wildman–Crippen MR) is 98.5 cm³/mol. The Bertz CT molecular complexity index is 1040. The van der Waals surface area contributed by atoms with Crippen molar-refractivity contribution < 1.29 is 18.7 Å². The van der Waals surface area contributed by atoms with E-state index in [-0.39, 0.29) is 12.8 Å². The van der Waals surface area contributed by atoms with Gasteiger partial charge in [0, 0.05) is 29.6 Å². The number of hydrogen-bond donors (Lipinski definition) is 3. The summed E-state index contributed by atoms with van der Waals surface area (Å²) in [7, 11) is 1.54. The van der Waals surface area contributed by atoms with Crippen LogP contribution in [0.3, 0.4) is 0 Å². The van der Waals surface area contributed by atoms with Crippen molar-refractivity contribution in [2.24, 2.45) is 0 Å². The maximum Gasteiger partial charge on any atom is 0.339 e. The third-order valence-corrected chi connectivity index (χ3v) is 4.25. The van der Waals surface area contributed by atoms with Gasteiger partial charge in [-0.1, -0.05) is 0 Å². The van der Waals surface area contributed by atoms with E-state index in [1.165, 1.54) is 7.11 Å². The topological polar surface area (TPSA) is 113 Å². The summed E-state index contributed by atoms with van der Waals surface area (Å²) < 4.78 is 10.5. The molecular formula is C19H19N3O5. The van der Waals surface area contributed by atoms with Crippen LogP contribution in [0.5, 0.6) is 5.75 Å². The molecule has 0 saturated heterocycles. The number of aryl methyl sites for hydroxylation is 1. The third-order valence-electron chi connectivity index (χ3n) is 4.25. The Kier molecular flexibility index (Phi) is 5.25. The van der Waals surface area contributed by atoms with Crippen molar-refractivity contribution in [2.45, 2.75) is 19.8 Å². The van der Waals surface area contributed by atoms with Crippen LogP contribution in [-0.4, -0.2) is 23.9 Å². The highest BCUT2D eigenvalue weighted by atomic mass is 16.5. The molecule has 0 radical (unpaired) electrons. The molecular weight excluding hydrogens is 350 g/mol. The molecule has 0 unspecified atom stereocenters. The quantitative estimate of drug-likeness (QED) is 0.469. The fourth-order valence-electron chi connectivity index (χ4n) is 2.76. The van der Waals surface area contributed by atoms with Crippen LogP contribution in [-0.2, 0) is 11.2 Å². The van der Waals surface area contributed by atoms with E-state index in [0.717, 1.165) is 10.9 Å². The fraction of sp³-hybridized carbons (Fsp3) is 0.211. The smallest absolute Gasteiger partial charge is 0.339 e. The third kappa shape index (κ3) is 4.00. The number of hydrogen-bond acceptors (Lipinski definition) is 5. The molecule has 8 heteroatoms. The van der Waals surface area contributed by atoms with Crippen LogP contribution >= 0.6 is 0 Å².